The number of hydrogen-bond donors (Lipinski definition) is 2. The lowest BCUT2D eigenvalue weighted by molar-refractivity contribution is 0.0404. The Kier molecular flexibility index (Phi) is 5.49. The zero-order valence-electron chi connectivity index (χ0n) is 17.9. The number of fused-ring (bicyclic) bond motifs is 2. The van der Waals surface area contributed by atoms with Crippen LogP contribution in [0, 0.1) is 11.6 Å². The molecule has 1 aromatic heterocycles. The van der Waals surface area contributed by atoms with Gasteiger partial charge in [-0.1, -0.05) is 6.07 Å². The number of carbonyl (C=O) groups is 2. The van der Waals surface area contributed by atoms with Gasteiger partial charge in [0.05, 0.1) is 6.54 Å². The fraction of sp³-hybridized carbons (Fsp3) is 0.409. The number of halogens is 2. The highest BCUT2D eigenvalue weighted by Gasteiger charge is 2.46. The number of benzene rings is 1. The first-order chi connectivity index (χ1) is 15.1. The van der Waals surface area contributed by atoms with Gasteiger partial charge >= 0.3 is 0 Å². The normalized spacial score (nSPS) is 20.4. The van der Waals surface area contributed by atoms with E-state index in [1.165, 1.54) is 16.8 Å². The number of nitrogens with zero attached hydrogens (tertiary/aromatic N) is 3. The van der Waals surface area contributed by atoms with E-state index >= 15 is 0 Å². The molecule has 1 fully saturated rings. The number of aromatic nitrogens is 1. The van der Waals surface area contributed by atoms with Gasteiger partial charge in [-0.25, -0.2) is 8.78 Å². The van der Waals surface area contributed by atoms with E-state index in [0.29, 0.717) is 12.6 Å². The molecule has 10 heteroatoms. The zero-order valence-corrected chi connectivity index (χ0v) is 17.9. The Morgan fingerprint density at radius 3 is 2.62 bits per heavy atom. The first kappa shape index (κ1) is 21.9. The summed E-state index contributed by atoms with van der Waals surface area (Å²) in [5.41, 5.74) is -1.45. The molecule has 0 aliphatic carbocycles. The van der Waals surface area contributed by atoms with Gasteiger partial charge in [0.2, 0.25) is 5.43 Å². The molecule has 0 radical (unpaired) electrons. The molecule has 0 unspecified atom stereocenters. The van der Waals surface area contributed by atoms with Gasteiger partial charge in [-0.05, 0) is 26.8 Å². The lowest BCUT2D eigenvalue weighted by Gasteiger charge is -2.38. The average molecular weight is 446 g/mol. The van der Waals surface area contributed by atoms with Crippen molar-refractivity contribution < 1.29 is 23.5 Å². The van der Waals surface area contributed by atoms with Gasteiger partial charge in [0.25, 0.3) is 11.8 Å². The van der Waals surface area contributed by atoms with Gasteiger partial charge in [-0.2, -0.15) is 0 Å². The topological polar surface area (TPSA) is 94.9 Å². The van der Waals surface area contributed by atoms with Gasteiger partial charge < -0.3 is 19.9 Å². The third-order valence-electron chi connectivity index (χ3n) is 6.07. The second kappa shape index (κ2) is 8.01. The second-order valence-corrected chi connectivity index (χ2v) is 8.47. The molecule has 8 nitrogen and oxygen atoms in total. The number of rotatable bonds is 4. The standard InChI is InChI=1S/C22H24F2N4O4/c1-11(2)27-8-12(3)28-17(27)10-26-9-15(19(29)20(30)18(26)22(28)32)21(31)25-7-13-4-5-14(23)6-16(13)24/h4-6,9,11-12,17,30H,7-8,10H2,1-3H3,(H,25,31)/t12-,17+/m1/s1. The van der Waals surface area contributed by atoms with E-state index in [2.05, 4.69) is 10.2 Å². The van der Waals surface area contributed by atoms with Gasteiger partial charge in [0.1, 0.15) is 23.4 Å². The number of hydrogen-bond acceptors (Lipinski definition) is 5. The van der Waals surface area contributed by atoms with Crippen LogP contribution >= 0.6 is 0 Å². The molecule has 32 heavy (non-hydrogen) atoms. The fourth-order valence-corrected chi connectivity index (χ4v) is 4.47. The van der Waals surface area contributed by atoms with Crippen LogP contribution in [-0.4, -0.2) is 56.1 Å². The summed E-state index contributed by atoms with van der Waals surface area (Å²) < 4.78 is 28.3. The van der Waals surface area contributed by atoms with Crippen LogP contribution < -0.4 is 10.7 Å². The molecule has 0 spiro atoms. The molecule has 0 saturated carbocycles. The predicted octanol–water partition coefficient (Wildman–Crippen LogP) is 1.66. The summed E-state index contributed by atoms with van der Waals surface area (Å²) in [6.07, 6.45) is 0.987. The molecule has 2 aromatic rings. The summed E-state index contributed by atoms with van der Waals surface area (Å²) in [5, 5.41) is 12.9. The molecular formula is C22H24F2N4O4. The summed E-state index contributed by atoms with van der Waals surface area (Å²) in [7, 11) is 0. The fourth-order valence-electron chi connectivity index (χ4n) is 4.47. The minimum Gasteiger partial charge on any atom is -0.503 e. The van der Waals surface area contributed by atoms with Crippen molar-refractivity contribution in [1.82, 2.24) is 19.7 Å². The Hall–Kier alpha value is -3.27. The predicted molar refractivity (Wildman–Crippen MR) is 111 cm³/mol. The lowest BCUT2D eigenvalue weighted by atomic mass is 10.1. The molecule has 2 amide bonds. The Bertz CT molecular complexity index is 1160. The molecule has 4 rings (SSSR count). The Labute approximate surface area is 183 Å². The van der Waals surface area contributed by atoms with E-state index in [4.69, 9.17) is 0 Å². The van der Waals surface area contributed by atoms with Crippen molar-refractivity contribution in [2.24, 2.45) is 0 Å². The Balaban J connectivity index is 1.65. The quantitative estimate of drug-likeness (QED) is 0.745. The molecule has 1 saturated heterocycles. The van der Waals surface area contributed by atoms with Crippen LogP contribution in [0.2, 0.25) is 0 Å². The van der Waals surface area contributed by atoms with Crippen LogP contribution in [0.4, 0.5) is 8.78 Å². The second-order valence-electron chi connectivity index (χ2n) is 8.47. The number of aromatic hydroxyl groups is 1. The minimum atomic E-state index is -0.979. The zero-order chi connectivity index (χ0) is 23.3. The SMILES string of the molecule is CC(C)N1C[C@@H](C)N2C(=O)c3c(O)c(=O)c(C(=O)NCc4ccc(F)cc4F)cn3C[C@@H]12. The maximum Gasteiger partial charge on any atom is 0.276 e. The number of nitrogens with one attached hydrogen (secondary N) is 1. The van der Waals surface area contributed by atoms with Crippen LogP contribution in [0.25, 0.3) is 0 Å². The van der Waals surface area contributed by atoms with Crippen molar-refractivity contribution in [3.05, 3.63) is 63.1 Å². The monoisotopic (exact) mass is 446 g/mol. The summed E-state index contributed by atoms with van der Waals surface area (Å²) in [4.78, 5) is 42.2. The van der Waals surface area contributed by atoms with Crippen molar-refractivity contribution in [2.75, 3.05) is 6.54 Å². The third-order valence-corrected chi connectivity index (χ3v) is 6.07. The first-order valence-corrected chi connectivity index (χ1v) is 10.4. The van der Waals surface area contributed by atoms with Crippen molar-refractivity contribution >= 4 is 11.8 Å². The van der Waals surface area contributed by atoms with Crippen LogP contribution in [-0.2, 0) is 13.1 Å². The summed E-state index contributed by atoms with van der Waals surface area (Å²) in [6.45, 7) is 6.61. The maximum absolute atomic E-state index is 13.8. The van der Waals surface area contributed by atoms with Gasteiger partial charge in [-0.15, -0.1) is 0 Å². The van der Waals surface area contributed by atoms with E-state index in [9.17, 15) is 28.3 Å². The third kappa shape index (κ3) is 3.54. The van der Waals surface area contributed by atoms with Crippen LogP contribution in [0.5, 0.6) is 5.75 Å². The van der Waals surface area contributed by atoms with Crippen molar-refractivity contribution in [2.45, 2.75) is 52.1 Å². The van der Waals surface area contributed by atoms with Crippen molar-refractivity contribution in [3.63, 3.8) is 0 Å². The average Bonchev–Trinajstić information content (AvgIpc) is 3.06. The highest BCUT2D eigenvalue weighted by molar-refractivity contribution is 5.99. The largest absolute Gasteiger partial charge is 0.503 e. The molecule has 2 aliphatic rings. The maximum atomic E-state index is 13.8. The first-order valence-electron chi connectivity index (χ1n) is 10.4. The van der Waals surface area contributed by atoms with Crippen molar-refractivity contribution in [1.29, 1.82) is 0 Å². The number of carbonyl (C=O) groups excluding carboxylic acids is 2. The lowest BCUT2D eigenvalue weighted by Crippen LogP contribution is -2.53. The minimum absolute atomic E-state index is 0.0420. The Morgan fingerprint density at radius 1 is 1.25 bits per heavy atom. The molecule has 3 heterocycles. The van der Waals surface area contributed by atoms with Gasteiger partial charge in [0, 0.05) is 43.0 Å². The van der Waals surface area contributed by atoms with E-state index in [1.807, 2.05) is 20.8 Å². The summed E-state index contributed by atoms with van der Waals surface area (Å²) in [5.74, 6) is -3.66. The van der Waals surface area contributed by atoms with E-state index in [0.717, 1.165) is 6.07 Å². The highest BCUT2D eigenvalue weighted by atomic mass is 19.1. The van der Waals surface area contributed by atoms with E-state index in [-0.39, 0.29) is 48.2 Å². The van der Waals surface area contributed by atoms with Crippen molar-refractivity contribution in [3.8, 4) is 5.75 Å². The molecule has 2 N–H and O–H groups in total. The van der Waals surface area contributed by atoms with E-state index in [1.54, 1.807) is 4.90 Å². The Morgan fingerprint density at radius 2 is 1.97 bits per heavy atom. The van der Waals surface area contributed by atoms with Crippen LogP contribution in [0.15, 0.2) is 29.2 Å². The smallest absolute Gasteiger partial charge is 0.276 e. The summed E-state index contributed by atoms with van der Waals surface area (Å²) >= 11 is 0. The molecular weight excluding hydrogens is 422 g/mol. The van der Waals surface area contributed by atoms with Gasteiger partial charge in [-0.3, -0.25) is 19.3 Å². The molecule has 170 valence electrons. The van der Waals surface area contributed by atoms with E-state index < -0.39 is 34.6 Å². The highest BCUT2D eigenvalue weighted by Crippen LogP contribution is 2.32. The van der Waals surface area contributed by atoms with Crippen LogP contribution in [0.3, 0.4) is 0 Å². The molecule has 1 aromatic carbocycles. The summed E-state index contributed by atoms with van der Waals surface area (Å²) in [6, 6.07) is 3.03. The molecule has 2 atom stereocenters. The number of pyridine rings is 1. The van der Waals surface area contributed by atoms with Gasteiger partial charge in [0.15, 0.2) is 11.4 Å². The molecule has 2 aliphatic heterocycles. The van der Waals surface area contributed by atoms with Crippen LogP contribution in [0.1, 0.15) is 47.2 Å². The molecule has 0 bridgehead atoms. The number of amides is 2.